The van der Waals surface area contributed by atoms with Gasteiger partial charge in [-0.05, 0) is 43.3 Å². The first-order valence-electron chi connectivity index (χ1n) is 6.72. The maximum absolute atomic E-state index is 11.3. The van der Waals surface area contributed by atoms with E-state index in [1.54, 1.807) is 18.5 Å². The van der Waals surface area contributed by atoms with Crippen molar-refractivity contribution in [1.82, 2.24) is 20.3 Å². The Balaban J connectivity index is 1.85. The summed E-state index contributed by atoms with van der Waals surface area (Å²) < 4.78 is 0. The average Bonchev–Trinajstić information content (AvgIpc) is 2.54. The lowest BCUT2D eigenvalue weighted by Gasteiger charge is -2.16. The summed E-state index contributed by atoms with van der Waals surface area (Å²) in [4.78, 5) is 21.8. The first-order chi connectivity index (χ1) is 10.2. The lowest BCUT2D eigenvalue weighted by molar-refractivity contribution is 0.0953. The van der Waals surface area contributed by atoms with Crippen molar-refractivity contribution < 1.29 is 4.79 Å². The van der Waals surface area contributed by atoms with E-state index in [0.29, 0.717) is 5.56 Å². The van der Waals surface area contributed by atoms with Crippen molar-refractivity contribution in [3.8, 4) is 0 Å². The zero-order valence-corrected chi connectivity index (χ0v) is 12.0. The van der Waals surface area contributed by atoms with Gasteiger partial charge in [0.15, 0.2) is 0 Å². The molecule has 6 nitrogen and oxygen atoms in total. The standard InChI is InChI=1S/C15H19N5O/c1-20(9-6-12-4-7-17-8-5-12)11-14-3-2-13(10-18-14)15(21)19-16/h2-5,7-8,10H,6,9,11,16H2,1H3,(H,19,21). The van der Waals surface area contributed by atoms with Gasteiger partial charge in [-0.1, -0.05) is 0 Å². The Labute approximate surface area is 124 Å². The third-order valence-electron chi connectivity index (χ3n) is 3.18. The highest BCUT2D eigenvalue weighted by atomic mass is 16.2. The number of nitrogens with zero attached hydrogens (tertiary/aromatic N) is 3. The summed E-state index contributed by atoms with van der Waals surface area (Å²) in [5, 5.41) is 0. The van der Waals surface area contributed by atoms with E-state index >= 15 is 0 Å². The fourth-order valence-electron chi connectivity index (χ4n) is 1.96. The van der Waals surface area contributed by atoms with E-state index in [-0.39, 0.29) is 5.91 Å². The minimum atomic E-state index is -0.333. The van der Waals surface area contributed by atoms with Crippen molar-refractivity contribution in [2.45, 2.75) is 13.0 Å². The molecule has 2 rings (SSSR count). The third-order valence-corrected chi connectivity index (χ3v) is 3.18. The number of aromatic nitrogens is 2. The van der Waals surface area contributed by atoms with Crippen molar-refractivity contribution in [3.63, 3.8) is 0 Å². The number of hydrogen-bond acceptors (Lipinski definition) is 5. The number of nitrogens with one attached hydrogen (secondary N) is 1. The van der Waals surface area contributed by atoms with E-state index in [1.807, 2.05) is 25.2 Å². The summed E-state index contributed by atoms with van der Waals surface area (Å²) >= 11 is 0. The zero-order valence-electron chi connectivity index (χ0n) is 12.0. The number of nitrogens with two attached hydrogens (primary N) is 1. The van der Waals surface area contributed by atoms with Crippen LogP contribution in [-0.4, -0.2) is 34.4 Å². The maximum atomic E-state index is 11.3. The number of amides is 1. The predicted molar refractivity (Wildman–Crippen MR) is 80.2 cm³/mol. The monoisotopic (exact) mass is 285 g/mol. The lowest BCUT2D eigenvalue weighted by atomic mass is 10.2. The fraction of sp³-hybridized carbons (Fsp3) is 0.267. The molecule has 2 aromatic heterocycles. The molecule has 0 radical (unpaired) electrons. The second-order valence-electron chi connectivity index (χ2n) is 4.85. The maximum Gasteiger partial charge on any atom is 0.266 e. The summed E-state index contributed by atoms with van der Waals surface area (Å²) in [6.45, 7) is 1.66. The number of hydrogen-bond donors (Lipinski definition) is 2. The second kappa shape index (κ2) is 7.47. The summed E-state index contributed by atoms with van der Waals surface area (Å²) in [5.74, 6) is 4.74. The molecule has 3 N–H and O–H groups in total. The van der Waals surface area contributed by atoms with Gasteiger partial charge in [-0.3, -0.25) is 20.2 Å². The van der Waals surface area contributed by atoms with Crippen molar-refractivity contribution in [3.05, 3.63) is 59.7 Å². The van der Waals surface area contributed by atoms with Gasteiger partial charge in [0.05, 0.1) is 11.3 Å². The molecule has 0 atom stereocenters. The Morgan fingerprint density at radius 1 is 1.29 bits per heavy atom. The minimum absolute atomic E-state index is 0.333. The molecule has 0 saturated heterocycles. The Morgan fingerprint density at radius 3 is 2.67 bits per heavy atom. The molecule has 0 aliphatic heterocycles. The topological polar surface area (TPSA) is 84.1 Å². The van der Waals surface area contributed by atoms with E-state index in [0.717, 1.165) is 25.2 Å². The van der Waals surface area contributed by atoms with E-state index < -0.39 is 0 Å². The van der Waals surface area contributed by atoms with E-state index in [9.17, 15) is 4.79 Å². The SMILES string of the molecule is CN(CCc1ccncc1)Cc1ccc(C(=O)NN)cn1. The van der Waals surface area contributed by atoms with E-state index in [2.05, 4.69) is 20.3 Å². The van der Waals surface area contributed by atoms with Crippen LogP contribution < -0.4 is 11.3 Å². The van der Waals surface area contributed by atoms with Gasteiger partial charge in [0.25, 0.3) is 5.91 Å². The molecule has 0 bridgehead atoms. The third kappa shape index (κ3) is 4.62. The molecule has 110 valence electrons. The van der Waals surface area contributed by atoms with Gasteiger partial charge >= 0.3 is 0 Å². The van der Waals surface area contributed by atoms with Crippen LogP contribution >= 0.6 is 0 Å². The Kier molecular flexibility index (Phi) is 5.36. The summed E-state index contributed by atoms with van der Waals surface area (Å²) in [6.07, 6.45) is 6.11. The first kappa shape index (κ1) is 15.1. The highest BCUT2D eigenvalue weighted by molar-refractivity contribution is 5.93. The van der Waals surface area contributed by atoms with Crippen molar-refractivity contribution >= 4 is 5.91 Å². The number of likely N-dealkylation sites (N-methyl/N-ethyl adjacent to an activating group) is 1. The number of pyridine rings is 2. The largest absolute Gasteiger partial charge is 0.300 e. The molecule has 0 aliphatic carbocycles. The van der Waals surface area contributed by atoms with Crippen LogP contribution in [0.4, 0.5) is 0 Å². The van der Waals surface area contributed by atoms with Gasteiger partial charge in [-0.2, -0.15) is 0 Å². The van der Waals surface area contributed by atoms with Crippen LogP contribution in [0.1, 0.15) is 21.6 Å². The number of hydrazine groups is 1. The highest BCUT2D eigenvalue weighted by Gasteiger charge is 2.06. The quantitative estimate of drug-likeness (QED) is 0.465. The summed E-state index contributed by atoms with van der Waals surface area (Å²) in [6, 6.07) is 7.60. The normalized spacial score (nSPS) is 10.6. The average molecular weight is 285 g/mol. The van der Waals surface area contributed by atoms with Gasteiger partial charge in [-0.15, -0.1) is 0 Å². The first-order valence-corrected chi connectivity index (χ1v) is 6.72. The molecule has 0 fully saturated rings. The molecule has 6 heteroatoms. The van der Waals surface area contributed by atoms with E-state index in [4.69, 9.17) is 5.84 Å². The molecular formula is C15H19N5O. The van der Waals surface area contributed by atoms with Gasteiger partial charge in [0.1, 0.15) is 0 Å². The predicted octanol–water partition coefficient (Wildman–Crippen LogP) is 0.755. The number of rotatable bonds is 6. The Bertz CT molecular complexity index is 570. The summed E-state index contributed by atoms with van der Waals surface area (Å²) in [7, 11) is 2.05. The van der Waals surface area contributed by atoms with Gasteiger partial charge in [0.2, 0.25) is 0 Å². The molecule has 21 heavy (non-hydrogen) atoms. The Hall–Kier alpha value is -2.31. The number of nitrogen functional groups attached to an aromatic ring is 1. The lowest BCUT2D eigenvalue weighted by Crippen LogP contribution is -2.30. The number of carbonyl (C=O) groups excluding carboxylic acids is 1. The summed E-state index contributed by atoms with van der Waals surface area (Å²) in [5.41, 5.74) is 4.73. The van der Waals surface area contributed by atoms with Crippen molar-refractivity contribution in [1.29, 1.82) is 0 Å². The van der Waals surface area contributed by atoms with Crippen LogP contribution in [0.5, 0.6) is 0 Å². The highest BCUT2D eigenvalue weighted by Crippen LogP contribution is 2.05. The molecule has 0 aliphatic rings. The van der Waals surface area contributed by atoms with Crippen molar-refractivity contribution in [2.24, 2.45) is 5.84 Å². The van der Waals surface area contributed by atoms with Gasteiger partial charge in [-0.25, -0.2) is 5.84 Å². The van der Waals surface area contributed by atoms with Crippen LogP contribution in [0, 0.1) is 0 Å². The van der Waals surface area contributed by atoms with Crippen LogP contribution in [0.3, 0.4) is 0 Å². The molecule has 2 aromatic rings. The van der Waals surface area contributed by atoms with Crippen LogP contribution in [0.15, 0.2) is 42.9 Å². The van der Waals surface area contributed by atoms with Gasteiger partial charge < -0.3 is 4.90 Å². The Morgan fingerprint density at radius 2 is 2.05 bits per heavy atom. The molecule has 1 amide bonds. The molecule has 0 aromatic carbocycles. The van der Waals surface area contributed by atoms with E-state index in [1.165, 1.54) is 11.8 Å². The smallest absolute Gasteiger partial charge is 0.266 e. The zero-order chi connectivity index (χ0) is 15.1. The van der Waals surface area contributed by atoms with Crippen molar-refractivity contribution in [2.75, 3.05) is 13.6 Å². The molecule has 0 saturated carbocycles. The van der Waals surface area contributed by atoms with Crippen LogP contribution in [-0.2, 0) is 13.0 Å². The molecular weight excluding hydrogens is 266 g/mol. The minimum Gasteiger partial charge on any atom is -0.300 e. The molecule has 0 unspecified atom stereocenters. The number of carbonyl (C=O) groups is 1. The van der Waals surface area contributed by atoms with Crippen LogP contribution in [0.2, 0.25) is 0 Å². The molecule has 2 heterocycles. The fourth-order valence-corrected chi connectivity index (χ4v) is 1.96. The van der Waals surface area contributed by atoms with Gasteiger partial charge in [0, 0.05) is 31.7 Å². The second-order valence-corrected chi connectivity index (χ2v) is 4.85. The van der Waals surface area contributed by atoms with Crippen LogP contribution in [0.25, 0.3) is 0 Å². The molecule has 0 spiro atoms.